The topological polar surface area (TPSA) is 107 Å². The van der Waals surface area contributed by atoms with Crippen molar-refractivity contribution < 1.29 is 23.2 Å². The number of rotatable bonds is 8. The maximum absolute atomic E-state index is 12.3. The van der Waals surface area contributed by atoms with Crippen LogP contribution in [0.15, 0.2) is 38.5 Å². The summed E-state index contributed by atoms with van der Waals surface area (Å²) in [5, 5.41) is 11.2. The second-order valence-corrected chi connectivity index (χ2v) is 7.28. The molecule has 3 aromatic heterocycles. The highest BCUT2D eigenvalue weighted by Crippen LogP contribution is 2.30. The molecule has 0 saturated heterocycles. The number of anilines is 1. The van der Waals surface area contributed by atoms with Gasteiger partial charge in [0.05, 0.1) is 24.2 Å². The van der Waals surface area contributed by atoms with Crippen LogP contribution in [0.25, 0.3) is 11.7 Å². The lowest BCUT2D eigenvalue weighted by atomic mass is 10.2. The van der Waals surface area contributed by atoms with Crippen molar-refractivity contribution in [3.63, 3.8) is 0 Å². The van der Waals surface area contributed by atoms with E-state index in [2.05, 4.69) is 15.5 Å². The fourth-order valence-electron chi connectivity index (χ4n) is 2.13. The van der Waals surface area contributed by atoms with Crippen molar-refractivity contribution in [3.05, 3.63) is 34.9 Å². The Morgan fingerprint density at radius 3 is 2.89 bits per heavy atom. The Morgan fingerprint density at radius 1 is 1.33 bits per heavy atom. The normalized spacial score (nSPS) is 10.7. The second kappa shape index (κ2) is 8.87. The standard InChI is InChI=1S/C17H17N3O5S2/c1-3-10-8-11(16(22)23-4-2)15(27-10)18-13(21)9-26-17-20-19-14(25-17)12-6-5-7-24-12/h5-8H,3-4,9H2,1-2H3,(H,18,21). The van der Waals surface area contributed by atoms with Gasteiger partial charge in [0.1, 0.15) is 5.00 Å². The number of furan rings is 1. The Morgan fingerprint density at radius 2 is 2.19 bits per heavy atom. The first-order chi connectivity index (χ1) is 13.1. The molecule has 0 spiro atoms. The van der Waals surface area contributed by atoms with Gasteiger partial charge in [-0.25, -0.2) is 4.79 Å². The van der Waals surface area contributed by atoms with Crippen molar-refractivity contribution in [3.8, 4) is 11.7 Å². The number of hydrogen-bond acceptors (Lipinski definition) is 9. The number of hydrogen-bond donors (Lipinski definition) is 1. The smallest absolute Gasteiger partial charge is 0.341 e. The molecule has 0 unspecified atom stereocenters. The average Bonchev–Trinajstić information content (AvgIpc) is 3.40. The lowest BCUT2D eigenvalue weighted by Crippen LogP contribution is -2.15. The lowest BCUT2D eigenvalue weighted by molar-refractivity contribution is -0.113. The highest BCUT2D eigenvalue weighted by atomic mass is 32.2. The van der Waals surface area contributed by atoms with Gasteiger partial charge < -0.3 is 18.9 Å². The van der Waals surface area contributed by atoms with Crippen molar-refractivity contribution in [1.29, 1.82) is 0 Å². The first-order valence-corrected chi connectivity index (χ1v) is 10.0. The molecule has 10 heteroatoms. The number of nitrogens with zero attached hydrogens (tertiary/aromatic N) is 2. The molecule has 0 aliphatic carbocycles. The SMILES string of the molecule is CCOC(=O)c1cc(CC)sc1NC(=O)CSc1nnc(-c2ccco2)o1. The summed E-state index contributed by atoms with van der Waals surface area (Å²) in [6, 6.07) is 5.17. The van der Waals surface area contributed by atoms with E-state index in [0.717, 1.165) is 23.1 Å². The van der Waals surface area contributed by atoms with Gasteiger partial charge in [0.2, 0.25) is 5.91 Å². The quantitative estimate of drug-likeness (QED) is 0.443. The Labute approximate surface area is 163 Å². The molecule has 0 aliphatic heterocycles. The lowest BCUT2D eigenvalue weighted by Gasteiger charge is -2.05. The van der Waals surface area contributed by atoms with Crippen LogP contribution in [0, 0.1) is 0 Å². The second-order valence-electron chi connectivity index (χ2n) is 5.22. The van der Waals surface area contributed by atoms with E-state index in [4.69, 9.17) is 13.6 Å². The molecule has 8 nitrogen and oxygen atoms in total. The predicted octanol–water partition coefficient (Wildman–Crippen LogP) is 3.86. The molecule has 0 radical (unpaired) electrons. The monoisotopic (exact) mass is 407 g/mol. The van der Waals surface area contributed by atoms with Gasteiger partial charge in [0.25, 0.3) is 11.1 Å². The minimum absolute atomic E-state index is 0.0570. The summed E-state index contributed by atoms with van der Waals surface area (Å²) in [6.45, 7) is 3.99. The Hall–Kier alpha value is -2.59. The van der Waals surface area contributed by atoms with Crippen LogP contribution in [-0.4, -0.2) is 34.4 Å². The number of thioether (sulfide) groups is 1. The summed E-state index contributed by atoms with van der Waals surface area (Å²) in [4.78, 5) is 25.3. The fourth-order valence-corrected chi connectivity index (χ4v) is 3.69. The zero-order valence-electron chi connectivity index (χ0n) is 14.7. The molecular formula is C17H17N3O5S2. The van der Waals surface area contributed by atoms with Gasteiger partial charge in [0, 0.05) is 4.88 Å². The molecule has 27 heavy (non-hydrogen) atoms. The third kappa shape index (κ3) is 4.77. The van der Waals surface area contributed by atoms with Crippen LogP contribution in [0.5, 0.6) is 0 Å². The first-order valence-electron chi connectivity index (χ1n) is 8.20. The van der Waals surface area contributed by atoms with Crippen LogP contribution in [0.1, 0.15) is 29.1 Å². The summed E-state index contributed by atoms with van der Waals surface area (Å²) in [5.74, 6) is 0.0348. The largest absolute Gasteiger partial charge is 0.462 e. The van der Waals surface area contributed by atoms with E-state index >= 15 is 0 Å². The average molecular weight is 407 g/mol. The molecule has 0 bridgehead atoms. The van der Waals surface area contributed by atoms with Crippen LogP contribution in [-0.2, 0) is 16.0 Å². The Bertz CT molecular complexity index is 917. The van der Waals surface area contributed by atoms with Gasteiger partial charge in [-0.1, -0.05) is 18.7 Å². The van der Waals surface area contributed by atoms with Crippen LogP contribution in [0.3, 0.4) is 0 Å². The molecule has 1 amide bonds. The molecule has 3 aromatic rings. The van der Waals surface area contributed by atoms with Gasteiger partial charge in [-0.3, -0.25) is 4.79 Å². The molecular weight excluding hydrogens is 390 g/mol. The number of aryl methyl sites for hydroxylation is 1. The van der Waals surface area contributed by atoms with Crippen LogP contribution in [0.2, 0.25) is 0 Å². The Balaban J connectivity index is 1.61. The van der Waals surface area contributed by atoms with E-state index in [-0.39, 0.29) is 29.4 Å². The fraction of sp³-hybridized carbons (Fsp3) is 0.294. The third-order valence-electron chi connectivity index (χ3n) is 3.35. The number of thiophene rings is 1. The minimum Gasteiger partial charge on any atom is -0.462 e. The summed E-state index contributed by atoms with van der Waals surface area (Å²) in [6.07, 6.45) is 2.27. The molecule has 0 atom stereocenters. The van der Waals surface area contributed by atoms with Crippen molar-refractivity contribution in [2.45, 2.75) is 25.5 Å². The van der Waals surface area contributed by atoms with Crippen LogP contribution >= 0.6 is 23.1 Å². The summed E-state index contributed by atoms with van der Waals surface area (Å²) in [7, 11) is 0. The van der Waals surface area contributed by atoms with Crippen molar-refractivity contribution in [2.24, 2.45) is 0 Å². The minimum atomic E-state index is -0.448. The van der Waals surface area contributed by atoms with Crippen LogP contribution in [0.4, 0.5) is 5.00 Å². The highest BCUT2D eigenvalue weighted by Gasteiger charge is 2.19. The summed E-state index contributed by atoms with van der Waals surface area (Å²) in [5.41, 5.74) is 0.370. The van der Waals surface area contributed by atoms with E-state index in [9.17, 15) is 9.59 Å². The van der Waals surface area contributed by atoms with Crippen LogP contribution < -0.4 is 5.32 Å². The number of amides is 1. The maximum Gasteiger partial charge on any atom is 0.341 e. The Kier molecular flexibility index (Phi) is 6.30. The number of esters is 1. The van der Waals surface area contributed by atoms with E-state index in [0.29, 0.717) is 16.3 Å². The van der Waals surface area contributed by atoms with Gasteiger partial charge in [-0.2, -0.15) is 0 Å². The molecule has 3 heterocycles. The van der Waals surface area contributed by atoms with E-state index in [1.807, 2.05) is 6.92 Å². The van der Waals surface area contributed by atoms with E-state index < -0.39 is 5.97 Å². The van der Waals surface area contributed by atoms with Crippen molar-refractivity contribution in [1.82, 2.24) is 10.2 Å². The van der Waals surface area contributed by atoms with Gasteiger partial charge in [-0.05, 0) is 31.5 Å². The van der Waals surface area contributed by atoms with E-state index in [1.165, 1.54) is 17.6 Å². The molecule has 142 valence electrons. The molecule has 0 aromatic carbocycles. The molecule has 0 fully saturated rings. The highest BCUT2D eigenvalue weighted by molar-refractivity contribution is 7.99. The molecule has 0 saturated carbocycles. The zero-order valence-corrected chi connectivity index (χ0v) is 16.3. The summed E-state index contributed by atoms with van der Waals surface area (Å²) < 4.78 is 15.7. The van der Waals surface area contributed by atoms with Crippen molar-refractivity contribution >= 4 is 40.0 Å². The number of carbonyl (C=O) groups excluding carboxylic acids is 2. The van der Waals surface area contributed by atoms with E-state index in [1.54, 1.807) is 25.1 Å². The molecule has 0 aliphatic rings. The number of nitrogens with one attached hydrogen (secondary N) is 1. The number of carbonyl (C=O) groups is 2. The molecule has 1 N–H and O–H groups in total. The zero-order chi connectivity index (χ0) is 19.2. The van der Waals surface area contributed by atoms with Gasteiger partial charge >= 0.3 is 5.97 Å². The maximum atomic E-state index is 12.3. The van der Waals surface area contributed by atoms with Crippen molar-refractivity contribution in [2.75, 3.05) is 17.7 Å². The summed E-state index contributed by atoms with van der Waals surface area (Å²) >= 11 is 2.46. The van der Waals surface area contributed by atoms with Gasteiger partial charge in [0.15, 0.2) is 5.76 Å². The number of aromatic nitrogens is 2. The third-order valence-corrected chi connectivity index (χ3v) is 5.36. The first kappa shape index (κ1) is 19.2. The predicted molar refractivity (Wildman–Crippen MR) is 101 cm³/mol. The van der Waals surface area contributed by atoms with Gasteiger partial charge in [-0.15, -0.1) is 21.5 Å². The number of ether oxygens (including phenoxy) is 1. The molecule has 3 rings (SSSR count).